The number of carboxylic acid groups (broad SMARTS) is 1. The highest BCUT2D eigenvalue weighted by atomic mass is 32.2. The second kappa shape index (κ2) is 5.39. The molecule has 0 radical (unpaired) electrons. The van der Waals surface area contributed by atoms with E-state index >= 15 is 0 Å². The molecule has 0 spiro atoms. The Morgan fingerprint density at radius 2 is 1.94 bits per heavy atom. The molecule has 1 aromatic carbocycles. The van der Waals surface area contributed by atoms with Gasteiger partial charge in [0, 0.05) is 5.69 Å². The summed E-state index contributed by atoms with van der Waals surface area (Å²) >= 11 is 0. The maximum atomic E-state index is 11.6. The molecule has 0 heterocycles. The van der Waals surface area contributed by atoms with Crippen molar-refractivity contribution in [2.75, 3.05) is 10.5 Å². The Bertz CT molecular complexity index is 564. The van der Waals surface area contributed by atoms with Gasteiger partial charge in [0.15, 0.2) is 0 Å². The van der Waals surface area contributed by atoms with Gasteiger partial charge in [-0.3, -0.25) is 4.72 Å². The number of aromatic carboxylic acids is 1. The van der Waals surface area contributed by atoms with E-state index in [2.05, 4.69) is 4.72 Å². The average Bonchev–Trinajstić information content (AvgIpc) is 2.21. The first-order valence-electron chi connectivity index (χ1n) is 5.62. The maximum absolute atomic E-state index is 11.6. The Morgan fingerprint density at radius 1 is 1.33 bits per heavy atom. The number of benzene rings is 1. The molecule has 1 aromatic rings. The SMILES string of the molecule is CCCS(=O)(=O)Nc1cc(C)c(C)c(C(=O)O)c1. The van der Waals surface area contributed by atoms with Crippen molar-refractivity contribution >= 4 is 21.7 Å². The third kappa shape index (κ3) is 3.46. The Hall–Kier alpha value is -1.56. The molecule has 0 fully saturated rings. The number of sulfonamides is 1. The van der Waals surface area contributed by atoms with Gasteiger partial charge in [0.05, 0.1) is 11.3 Å². The van der Waals surface area contributed by atoms with Crippen LogP contribution in [-0.4, -0.2) is 25.2 Å². The number of rotatable bonds is 5. The zero-order valence-electron chi connectivity index (χ0n) is 10.6. The second-order valence-electron chi connectivity index (χ2n) is 4.19. The number of carboxylic acids is 1. The minimum absolute atomic E-state index is 0.0162. The van der Waals surface area contributed by atoms with Crippen molar-refractivity contribution in [1.29, 1.82) is 0 Å². The van der Waals surface area contributed by atoms with Crippen LogP contribution < -0.4 is 4.72 Å². The van der Waals surface area contributed by atoms with E-state index in [-0.39, 0.29) is 11.3 Å². The van der Waals surface area contributed by atoms with E-state index in [1.807, 2.05) is 0 Å². The molecule has 2 N–H and O–H groups in total. The molecule has 0 aliphatic carbocycles. The summed E-state index contributed by atoms with van der Waals surface area (Å²) in [5.74, 6) is -1.05. The molecule has 0 saturated carbocycles. The van der Waals surface area contributed by atoms with Gasteiger partial charge in [0.25, 0.3) is 0 Å². The third-order valence-electron chi connectivity index (χ3n) is 2.64. The molecule has 0 aliphatic heterocycles. The standard InChI is InChI=1S/C12H17NO4S/c1-4-5-18(16,17)13-10-6-8(2)9(3)11(7-10)12(14)15/h6-7,13H,4-5H2,1-3H3,(H,14,15). The Balaban J connectivity index is 3.16. The number of hydrogen-bond acceptors (Lipinski definition) is 3. The fraction of sp³-hybridized carbons (Fsp3) is 0.417. The summed E-state index contributed by atoms with van der Waals surface area (Å²) in [7, 11) is -3.40. The van der Waals surface area contributed by atoms with Crippen molar-refractivity contribution in [3.8, 4) is 0 Å². The molecule has 0 aliphatic rings. The molecule has 5 nitrogen and oxygen atoms in total. The van der Waals surface area contributed by atoms with E-state index in [1.165, 1.54) is 6.07 Å². The van der Waals surface area contributed by atoms with Crippen LogP contribution in [0.5, 0.6) is 0 Å². The summed E-state index contributed by atoms with van der Waals surface area (Å²) in [6.07, 6.45) is 0.506. The zero-order chi connectivity index (χ0) is 13.9. The fourth-order valence-corrected chi connectivity index (χ4v) is 2.76. The lowest BCUT2D eigenvalue weighted by Gasteiger charge is -2.11. The van der Waals surface area contributed by atoms with Crippen LogP contribution in [0.1, 0.15) is 34.8 Å². The first kappa shape index (κ1) is 14.5. The van der Waals surface area contributed by atoms with Crippen molar-refractivity contribution in [3.05, 3.63) is 28.8 Å². The molecule has 0 aromatic heterocycles. The van der Waals surface area contributed by atoms with Gasteiger partial charge in [-0.25, -0.2) is 13.2 Å². The molecule has 0 unspecified atom stereocenters. The lowest BCUT2D eigenvalue weighted by atomic mass is 10.0. The fourth-order valence-electron chi connectivity index (χ4n) is 1.64. The summed E-state index contributed by atoms with van der Waals surface area (Å²) < 4.78 is 25.6. The van der Waals surface area contributed by atoms with Gasteiger partial charge in [-0.2, -0.15) is 0 Å². The monoisotopic (exact) mass is 271 g/mol. The van der Waals surface area contributed by atoms with Crippen LogP contribution in [0.25, 0.3) is 0 Å². The molecule has 100 valence electrons. The molecular formula is C12H17NO4S. The van der Waals surface area contributed by atoms with Gasteiger partial charge in [0.1, 0.15) is 0 Å². The molecular weight excluding hydrogens is 254 g/mol. The van der Waals surface area contributed by atoms with Crippen molar-refractivity contribution in [2.45, 2.75) is 27.2 Å². The molecule has 6 heteroatoms. The lowest BCUT2D eigenvalue weighted by molar-refractivity contribution is 0.0696. The summed E-state index contributed by atoms with van der Waals surface area (Å²) in [5, 5.41) is 9.04. The van der Waals surface area contributed by atoms with Crippen LogP contribution in [0.4, 0.5) is 5.69 Å². The summed E-state index contributed by atoms with van der Waals surface area (Å²) in [6, 6.07) is 2.98. The van der Waals surface area contributed by atoms with Gasteiger partial charge in [0.2, 0.25) is 10.0 Å². The van der Waals surface area contributed by atoms with Crippen molar-refractivity contribution in [1.82, 2.24) is 0 Å². The number of carbonyl (C=O) groups is 1. The number of nitrogens with one attached hydrogen (secondary N) is 1. The minimum atomic E-state index is -3.40. The molecule has 0 atom stereocenters. The highest BCUT2D eigenvalue weighted by Crippen LogP contribution is 2.21. The van der Waals surface area contributed by atoms with E-state index in [4.69, 9.17) is 5.11 Å². The quantitative estimate of drug-likeness (QED) is 0.859. The van der Waals surface area contributed by atoms with Gasteiger partial charge < -0.3 is 5.11 Å². The molecule has 0 bridgehead atoms. The summed E-state index contributed by atoms with van der Waals surface area (Å²) in [4.78, 5) is 11.0. The molecule has 0 saturated heterocycles. The van der Waals surface area contributed by atoms with Crippen LogP contribution in [0.15, 0.2) is 12.1 Å². The predicted molar refractivity (Wildman–Crippen MR) is 70.6 cm³/mol. The first-order valence-corrected chi connectivity index (χ1v) is 7.27. The van der Waals surface area contributed by atoms with E-state index in [1.54, 1.807) is 26.8 Å². The first-order chi connectivity index (χ1) is 8.26. The maximum Gasteiger partial charge on any atom is 0.336 e. The average molecular weight is 271 g/mol. The Labute approximate surface area is 107 Å². The van der Waals surface area contributed by atoms with Crippen molar-refractivity contribution in [2.24, 2.45) is 0 Å². The van der Waals surface area contributed by atoms with Crippen LogP contribution in [0.2, 0.25) is 0 Å². The molecule has 1 rings (SSSR count). The zero-order valence-corrected chi connectivity index (χ0v) is 11.5. The van der Waals surface area contributed by atoms with Gasteiger partial charge in [-0.15, -0.1) is 0 Å². The van der Waals surface area contributed by atoms with Crippen LogP contribution in [-0.2, 0) is 10.0 Å². The van der Waals surface area contributed by atoms with E-state index in [0.29, 0.717) is 17.7 Å². The highest BCUT2D eigenvalue weighted by molar-refractivity contribution is 7.92. The van der Waals surface area contributed by atoms with Crippen molar-refractivity contribution in [3.63, 3.8) is 0 Å². The largest absolute Gasteiger partial charge is 0.478 e. The normalized spacial score (nSPS) is 11.3. The summed E-state index contributed by atoms with van der Waals surface area (Å²) in [6.45, 7) is 5.21. The summed E-state index contributed by atoms with van der Waals surface area (Å²) in [5.41, 5.74) is 1.79. The topological polar surface area (TPSA) is 83.5 Å². The predicted octanol–water partition coefficient (Wildman–Crippen LogP) is 2.15. The van der Waals surface area contributed by atoms with Crippen LogP contribution in [0, 0.1) is 13.8 Å². The van der Waals surface area contributed by atoms with E-state index in [9.17, 15) is 13.2 Å². The lowest BCUT2D eigenvalue weighted by Crippen LogP contribution is -2.17. The van der Waals surface area contributed by atoms with Gasteiger partial charge >= 0.3 is 5.97 Å². The van der Waals surface area contributed by atoms with Crippen LogP contribution in [0.3, 0.4) is 0 Å². The second-order valence-corrected chi connectivity index (χ2v) is 6.03. The number of hydrogen-bond donors (Lipinski definition) is 2. The van der Waals surface area contributed by atoms with Gasteiger partial charge in [-0.05, 0) is 43.5 Å². The Morgan fingerprint density at radius 3 is 2.44 bits per heavy atom. The third-order valence-corrected chi connectivity index (χ3v) is 4.14. The molecule has 0 amide bonds. The Kier molecular flexibility index (Phi) is 4.34. The number of anilines is 1. The molecule has 18 heavy (non-hydrogen) atoms. The highest BCUT2D eigenvalue weighted by Gasteiger charge is 2.14. The number of aryl methyl sites for hydroxylation is 1. The smallest absolute Gasteiger partial charge is 0.336 e. The minimum Gasteiger partial charge on any atom is -0.478 e. The van der Waals surface area contributed by atoms with Crippen LogP contribution >= 0.6 is 0 Å². The van der Waals surface area contributed by atoms with E-state index in [0.717, 1.165) is 5.56 Å². The van der Waals surface area contributed by atoms with E-state index < -0.39 is 16.0 Å². The van der Waals surface area contributed by atoms with Gasteiger partial charge in [-0.1, -0.05) is 6.92 Å². The van der Waals surface area contributed by atoms with Crippen molar-refractivity contribution < 1.29 is 18.3 Å².